The van der Waals surface area contributed by atoms with E-state index in [1.165, 1.54) is 44.9 Å². The summed E-state index contributed by atoms with van der Waals surface area (Å²) < 4.78 is 7.96. The number of imidazole rings is 1. The lowest BCUT2D eigenvalue weighted by atomic mass is 10.2. The van der Waals surface area contributed by atoms with Gasteiger partial charge in [-0.25, -0.2) is 4.98 Å². The van der Waals surface area contributed by atoms with Gasteiger partial charge < -0.3 is 14.6 Å². The van der Waals surface area contributed by atoms with Gasteiger partial charge in [0.1, 0.15) is 0 Å². The summed E-state index contributed by atoms with van der Waals surface area (Å²) in [5.74, 6) is 1.05. The van der Waals surface area contributed by atoms with Crippen molar-refractivity contribution in [1.29, 1.82) is 0 Å². The Kier molecular flexibility index (Phi) is 3.78. The van der Waals surface area contributed by atoms with Crippen molar-refractivity contribution in [2.24, 2.45) is 0 Å². The molecule has 0 bridgehead atoms. The molecule has 2 fully saturated rings. The third kappa shape index (κ3) is 2.64. The SMILES string of the molecule is COC1CCCC1n1cc(C)nc1NC1CCCC1. The molecule has 1 aromatic rings. The van der Waals surface area contributed by atoms with Crippen molar-refractivity contribution in [2.45, 2.75) is 70.1 Å². The lowest BCUT2D eigenvalue weighted by Crippen LogP contribution is -2.24. The first-order valence-corrected chi connectivity index (χ1v) is 7.62. The van der Waals surface area contributed by atoms with Gasteiger partial charge in [0.25, 0.3) is 0 Å². The zero-order chi connectivity index (χ0) is 13.2. The number of nitrogens with zero attached hydrogens (tertiary/aromatic N) is 2. The Morgan fingerprint density at radius 3 is 2.74 bits per heavy atom. The highest BCUT2D eigenvalue weighted by molar-refractivity contribution is 5.32. The summed E-state index contributed by atoms with van der Waals surface area (Å²) in [5, 5.41) is 3.65. The Hall–Kier alpha value is -1.03. The monoisotopic (exact) mass is 263 g/mol. The summed E-state index contributed by atoms with van der Waals surface area (Å²) in [4.78, 5) is 4.68. The first-order chi connectivity index (χ1) is 9.28. The Labute approximate surface area is 115 Å². The van der Waals surface area contributed by atoms with Crippen LogP contribution in [0.4, 0.5) is 5.95 Å². The highest BCUT2D eigenvalue weighted by Crippen LogP contribution is 2.35. The van der Waals surface area contributed by atoms with E-state index in [2.05, 4.69) is 28.0 Å². The van der Waals surface area contributed by atoms with Crippen LogP contribution < -0.4 is 5.32 Å². The molecule has 2 aliphatic carbocycles. The van der Waals surface area contributed by atoms with Gasteiger partial charge in [-0.05, 0) is 39.0 Å². The minimum Gasteiger partial charge on any atom is -0.379 e. The molecule has 106 valence electrons. The van der Waals surface area contributed by atoms with Crippen molar-refractivity contribution >= 4 is 5.95 Å². The van der Waals surface area contributed by atoms with Crippen LogP contribution in [0.25, 0.3) is 0 Å². The molecule has 0 amide bonds. The maximum Gasteiger partial charge on any atom is 0.203 e. The fraction of sp³-hybridized carbons (Fsp3) is 0.800. The number of hydrogen-bond acceptors (Lipinski definition) is 3. The summed E-state index contributed by atoms with van der Waals surface area (Å²) >= 11 is 0. The highest BCUT2D eigenvalue weighted by atomic mass is 16.5. The number of rotatable bonds is 4. The number of aromatic nitrogens is 2. The second-order valence-corrected chi connectivity index (χ2v) is 6.01. The van der Waals surface area contributed by atoms with Crippen molar-refractivity contribution in [2.75, 3.05) is 12.4 Å². The quantitative estimate of drug-likeness (QED) is 0.906. The van der Waals surface area contributed by atoms with E-state index >= 15 is 0 Å². The van der Waals surface area contributed by atoms with Crippen LogP contribution in [0.2, 0.25) is 0 Å². The molecule has 0 spiro atoms. The summed E-state index contributed by atoms with van der Waals surface area (Å²) in [6, 6.07) is 1.07. The molecule has 3 rings (SSSR count). The average Bonchev–Trinajstić information content (AvgIpc) is 3.10. The van der Waals surface area contributed by atoms with Gasteiger partial charge in [-0.3, -0.25) is 0 Å². The molecule has 19 heavy (non-hydrogen) atoms. The Bertz CT molecular complexity index is 423. The molecule has 2 unspecified atom stereocenters. The summed E-state index contributed by atoms with van der Waals surface area (Å²) in [6.07, 6.45) is 11.4. The smallest absolute Gasteiger partial charge is 0.203 e. The fourth-order valence-corrected chi connectivity index (χ4v) is 3.63. The van der Waals surface area contributed by atoms with Gasteiger partial charge in [-0.15, -0.1) is 0 Å². The van der Waals surface area contributed by atoms with Crippen LogP contribution in [0.15, 0.2) is 6.20 Å². The van der Waals surface area contributed by atoms with Gasteiger partial charge in [0.05, 0.1) is 17.8 Å². The molecule has 1 N–H and O–H groups in total. The van der Waals surface area contributed by atoms with E-state index in [0.717, 1.165) is 11.6 Å². The zero-order valence-electron chi connectivity index (χ0n) is 12.1. The fourth-order valence-electron chi connectivity index (χ4n) is 3.63. The molecule has 0 radical (unpaired) electrons. The van der Waals surface area contributed by atoms with Crippen molar-refractivity contribution in [3.05, 3.63) is 11.9 Å². The number of methoxy groups -OCH3 is 1. The van der Waals surface area contributed by atoms with Crippen LogP contribution >= 0.6 is 0 Å². The lowest BCUT2D eigenvalue weighted by Gasteiger charge is -2.23. The molecule has 4 heteroatoms. The molecule has 2 aliphatic rings. The number of aryl methyl sites for hydroxylation is 1. The Morgan fingerprint density at radius 1 is 1.21 bits per heavy atom. The molecular formula is C15H25N3O. The highest BCUT2D eigenvalue weighted by Gasteiger charge is 2.31. The number of nitrogens with one attached hydrogen (secondary N) is 1. The molecule has 2 saturated carbocycles. The van der Waals surface area contributed by atoms with Crippen LogP contribution in [-0.2, 0) is 4.74 Å². The lowest BCUT2D eigenvalue weighted by molar-refractivity contribution is 0.0755. The first kappa shape index (κ1) is 13.0. The van der Waals surface area contributed by atoms with Gasteiger partial charge in [0.15, 0.2) is 0 Å². The maximum atomic E-state index is 5.64. The van der Waals surface area contributed by atoms with Crippen LogP contribution in [0, 0.1) is 6.92 Å². The van der Waals surface area contributed by atoms with E-state index in [4.69, 9.17) is 4.74 Å². The van der Waals surface area contributed by atoms with E-state index in [1.807, 2.05) is 7.11 Å². The van der Waals surface area contributed by atoms with Gasteiger partial charge in [0.2, 0.25) is 5.95 Å². The molecule has 2 atom stereocenters. The first-order valence-electron chi connectivity index (χ1n) is 7.62. The van der Waals surface area contributed by atoms with E-state index in [-0.39, 0.29) is 0 Å². The average molecular weight is 263 g/mol. The van der Waals surface area contributed by atoms with Crippen molar-refractivity contribution in [1.82, 2.24) is 9.55 Å². The summed E-state index contributed by atoms with van der Waals surface area (Å²) in [6.45, 7) is 2.08. The van der Waals surface area contributed by atoms with Crippen molar-refractivity contribution < 1.29 is 4.74 Å². The van der Waals surface area contributed by atoms with Crippen molar-refractivity contribution in [3.63, 3.8) is 0 Å². The predicted octanol–water partition coefficient (Wildman–Crippen LogP) is 3.29. The van der Waals surface area contributed by atoms with Crippen LogP contribution in [-0.4, -0.2) is 28.8 Å². The molecule has 0 saturated heterocycles. The Balaban J connectivity index is 1.79. The van der Waals surface area contributed by atoms with Crippen LogP contribution in [0.1, 0.15) is 56.7 Å². The minimum absolute atomic E-state index is 0.345. The second-order valence-electron chi connectivity index (χ2n) is 6.01. The van der Waals surface area contributed by atoms with Gasteiger partial charge in [-0.1, -0.05) is 12.8 Å². The Morgan fingerprint density at radius 2 is 2.00 bits per heavy atom. The molecule has 0 aliphatic heterocycles. The summed E-state index contributed by atoms with van der Waals surface area (Å²) in [5.41, 5.74) is 1.10. The topological polar surface area (TPSA) is 39.1 Å². The van der Waals surface area contributed by atoms with E-state index in [0.29, 0.717) is 18.2 Å². The largest absolute Gasteiger partial charge is 0.379 e. The number of ether oxygens (including phenoxy) is 1. The van der Waals surface area contributed by atoms with Gasteiger partial charge in [-0.2, -0.15) is 0 Å². The zero-order valence-corrected chi connectivity index (χ0v) is 12.1. The van der Waals surface area contributed by atoms with E-state index < -0.39 is 0 Å². The van der Waals surface area contributed by atoms with Gasteiger partial charge in [0, 0.05) is 19.3 Å². The summed E-state index contributed by atoms with van der Waals surface area (Å²) in [7, 11) is 1.83. The molecular weight excluding hydrogens is 238 g/mol. The molecule has 1 heterocycles. The predicted molar refractivity (Wildman–Crippen MR) is 76.5 cm³/mol. The van der Waals surface area contributed by atoms with E-state index in [9.17, 15) is 0 Å². The van der Waals surface area contributed by atoms with Crippen molar-refractivity contribution in [3.8, 4) is 0 Å². The van der Waals surface area contributed by atoms with Crippen LogP contribution in [0.3, 0.4) is 0 Å². The third-order valence-corrected chi connectivity index (χ3v) is 4.62. The number of hydrogen-bond donors (Lipinski definition) is 1. The third-order valence-electron chi connectivity index (χ3n) is 4.62. The van der Waals surface area contributed by atoms with E-state index in [1.54, 1.807) is 0 Å². The molecule has 4 nitrogen and oxygen atoms in total. The minimum atomic E-state index is 0.345. The van der Waals surface area contributed by atoms with Crippen LogP contribution in [0.5, 0.6) is 0 Å². The molecule has 1 aromatic heterocycles. The normalized spacial score (nSPS) is 28.1. The number of anilines is 1. The maximum absolute atomic E-state index is 5.64. The molecule has 0 aromatic carbocycles. The van der Waals surface area contributed by atoms with Gasteiger partial charge >= 0.3 is 0 Å². The standard InChI is InChI=1S/C15H25N3O/c1-11-10-18(13-8-5-9-14(13)19-2)15(16-11)17-12-6-3-4-7-12/h10,12-14H,3-9H2,1-2H3,(H,16,17). The second kappa shape index (κ2) is 5.53.